The first-order valence-corrected chi connectivity index (χ1v) is 5.34. The predicted octanol–water partition coefficient (Wildman–Crippen LogP) is 0.688. The van der Waals surface area contributed by atoms with Gasteiger partial charge < -0.3 is 5.32 Å². The Hall–Kier alpha value is -0.0800. The van der Waals surface area contributed by atoms with Gasteiger partial charge in [0, 0.05) is 12.1 Å². The average molecular weight is 166 g/mol. The maximum absolute atomic E-state index is 3.46. The van der Waals surface area contributed by atoms with E-state index < -0.39 is 0 Å². The van der Waals surface area contributed by atoms with Crippen molar-refractivity contribution in [3.8, 4) is 0 Å². The molecule has 0 aromatic rings. The molecule has 2 heterocycles. The Balaban J connectivity index is 1.68. The van der Waals surface area contributed by atoms with Crippen molar-refractivity contribution in [3.63, 3.8) is 0 Å². The van der Waals surface area contributed by atoms with Crippen molar-refractivity contribution < 1.29 is 0 Å². The Kier molecular flexibility index (Phi) is 1.50. The minimum absolute atomic E-state index is 0.876. The molecule has 0 spiro atoms. The van der Waals surface area contributed by atoms with E-state index in [9.17, 15) is 0 Å². The molecule has 2 heteroatoms. The molecule has 2 saturated heterocycles. The number of piperidine rings is 1. The molecule has 0 bridgehead atoms. The molecule has 0 radical (unpaired) electrons. The number of nitrogens with zero attached hydrogens (tertiary/aromatic N) is 1. The first kappa shape index (κ1) is 7.34. The lowest BCUT2D eigenvalue weighted by Gasteiger charge is -2.23. The lowest BCUT2D eigenvalue weighted by atomic mass is 10.2. The molecule has 3 atom stereocenters. The van der Waals surface area contributed by atoms with Crippen LogP contribution in [0.3, 0.4) is 0 Å². The van der Waals surface area contributed by atoms with E-state index in [1.807, 2.05) is 0 Å². The molecule has 0 aromatic heterocycles. The molecule has 2 aliphatic heterocycles. The highest BCUT2D eigenvalue weighted by Gasteiger charge is 2.56. The fourth-order valence-electron chi connectivity index (χ4n) is 3.28. The normalized spacial score (nSPS) is 52.8. The second kappa shape index (κ2) is 2.46. The molecule has 3 unspecified atom stereocenters. The molecule has 1 N–H and O–H groups in total. The van der Waals surface area contributed by atoms with Gasteiger partial charge in [-0.1, -0.05) is 0 Å². The maximum Gasteiger partial charge on any atom is 0.0186 e. The molecule has 3 aliphatic rings. The van der Waals surface area contributed by atoms with Gasteiger partial charge in [0.15, 0.2) is 0 Å². The predicted molar refractivity (Wildman–Crippen MR) is 49.0 cm³/mol. The lowest BCUT2D eigenvalue weighted by Crippen LogP contribution is -2.35. The van der Waals surface area contributed by atoms with Gasteiger partial charge in [-0.3, -0.25) is 4.90 Å². The van der Waals surface area contributed by atoms with Crippen LogP contribution in [0.25, 0.3) is 0 Å². The zero-order valence-corrected chi connectivity index (χ0v) is 7.79. The average Bonchev–Trinajstić information content (AvgIpc) is 2.56. The highest BCUT2D eigenvalue weighted by Crippen LogP contribution is 2.47. The highest BCUT2D eigenvalue weighted by atomic mass is 15.3. The van der Waals surface area contributed by atoms with Crippen molar-refractivity contribution in [1.82, 2.24) is 10.2 Å². The number of rotatable bonds is 1. The smallest absolute Gasteiger partial charge is 0.0186 e. The number of hydrogen-bond acceptors (Lipinski definition) is 2. The van der Waals surface area contributed by atoms with Gasteiger partial charge in [-0.15, -0.1) is 0 Å². The topological polar surface area (TPSA) is 15.3 Å². The Labute approximate surface area is 74.3 Å². The molecule has 0 aromatic carbocycles. The van der Waals surface area contributed by atoms with Crippen LogP contribution in [-0.4, -0.2) is 36.6 Å². The second-order valence-electron chi connectivity index (χ2n) is 4.71. The van der Waals surface area contributed by atoms with Gasteiger partial charge in [0.2, 0.25) is 0 Å². The van der Waals surface area contributed by atoms with Crippen molar-refractivity contribution >= 4 is 0 Å². The largest absolute Gasteiger partial charge is 0.316 e. The molecule has 1 saturated carbocycles. The van der Waals surface area contributed by atoms with Crippen LogP contribution >= 0.6 is 0 Å². The van der Waals surface area contributed by atoms with Crippen LogP contribution < -0.4 is 5.32 Å². The number of hydrogen-bond donors (Lipinski definition) is 1. The molecule has 3 fully saturated rings. The zero-order chi connectivity index (χ0) is 8.13. The fraction of sp³-hybridized carbons (Fsp3) is 1.00. The van der Waals surface area contributed by atoms with Crippen LogP contribution in [0.15, 0.2) is 0 Å². The van der Waals surface area contributed by atoms with Crippen LogP contribution in [-0.2, 0) is 0 Å². The summed E-state index contributed by atoms with van der Waals surface area (Å²) in [6.45, 7) is 6.35. The minimum atomic E-state index is 0.876. The summed E-state index contributed by atoms with van der Waals surface area (Å²) in [4.78, 5) is 2.76. The molecule has 0 amide bonds. The number of likely N-dealkylation sites (tertiary alicyclic amines) is 1. The van der Waals surface area contributed by atoms with E-state index in [4.69, 9.17) is 0 Å². The minimum Gasteiger partial charge on any atom is -0.316 e. The van der Waals surface area contributed by atoms with Crippen molar-refractivity contribution in [1.29, 1.82) is 0 Å². The van der Waals surface area contributed by atoms with Crippen molar-refractivity contribution in [2.24, 2.45) is 11.8 Å². The summed E-state index contributed by atoms with van der Waals surface area (Å²) in [6, 6.07) is 1.85. The Morgan fingerprint density at radius 3 is 2.58 bits per heavy atom. The van der Waals surface area contributed by atoms with Crippen molar-refractivity contribution in [2.45, 2.75) is 31.8 Å². The summed E-state index contributed by atoms with van der Waals surface area (Å²) < 4.78 is 0. The molecule has 12 heavy (non-hydrogen) atoms. The SMILES string of the molecule is CC1CCCN1C1C2CNCC21. The maximum atomic E-state index is 3.46. The van der Waals surface area contributed by atoms with Crippen molar-refractivity contribution in [2.75, 3.05) is 19.6 Å². The van der Waals surface area contributed by atoms with E-state index in [0.29, 0.717) is 0 Å². The summed E-state index contributed by atoms with van der Waals surface area (Å²) in [5, 5.41) is 3.46. The van der Waals surface area contributed by atoms with E-state index in [1.165, 1.54) is 32.5 Å². The van der Waals surface area contributed by atoms with Gasteiger partial charge in [0.25, 0.3) is 0 Å². The second-order valence-corrected chi connectivity index (χ2v) is 4.71. The van der Waals surface area contributed by atoms with Gasteiger partial charge in [0.05, 0.1) is 0 Å². The molecule has 68 valence electrons. The van der Waals surface area contributed by atoms with Crippen molar-refractivity contribution in [3.05, 3.63) is 0 Å². The standard InChI is InChI=1S/C10H18N2/c1-7-3-2-4-12(7)10-8-5-11-6-9(8)10/h7-11H,2-6H2,1H3. The molecular weight excluding hydrogens is 148 g/mol. The molecule has 2 nitrogen and oxygen atoms in total. The summed E-state index contributed by atoms with van der Waals surface area (Å²) >= 11 is 0. The molecule has 3 rings (SSSR count). The zero-order valence-electron chi connectivity index (χ0n) is 7.79. The van der Waals surface area contributed by atoms with E-state index in [-0.39, 0.29) is 0 Å². The quantitative estimate of drug-likeness (QED) is 0.616. The number of fused-ring (bicyclic) bond motifs is 1. The Morgan fingerprint density at radius 2 is 2.00 bits per heavy atom. The van der Waals surface area contributed by atoms with Gasteiger partial charge in [-0.25, -0.2) is 0 Å². The van der Waals surface area contributed by atoms with Crippen LogP contribution in [0.1, 0.15) is 19.8 Å². The van der Waals surface area contributed by atoms with E-state index in [0.717, 1.165) is 23.9 Å². The lowest BCUT2D eigenvalue weighted by molar-refractivity contribution is 0.231. The van der Waals surface area contributed by atoms with Crippen LogP contribution in [0.2, 0.25) is 0 Å². The van der Waals surface area contributed by atoms with E-state index >= 15 is 0 Å². The summed E-state index contributed by atoms with van der Waals surface area (Å²) in [7, 11) is 0. The molecular formula is C10H18N2. The fourth-order valence-corrected chi connectivity index (χ4v) is 3.28. The van der Waals surface area contributed by atoms with E-state index in [1.54, 1.807) is 0 Å². The van der Waals surface area contributed by atoms with Gasteiger partial charge in [0.1, 0.15) is 0 Å². The first-order valence-electron chi connectivity index (χ1n) is 5.34. The molecule has 1 aliphatic carbocycles. The van der Waals surface area contributed by atoms with Crippen LogP contribution in [0, 0.1) is 11.8 Å². The van der Waals surface area contributed by atoms with Crippen LogP contribution in [0.4, 0.5) is 0 Å². The third-order valence-corrected chi connectivity index (χ3v) is 4.03. The summed E-state index contributed by atoms with van der Waals surface area (Å²) in [5.41, 5.74) is 0. The Bertz CT molecular complexity index is 182. The Morgan fingerprint density at radius 1 is 1.25 bits per heavy atom. The first-order chi connectivity index (χ1) is 5.88. The van der Waals surface area contributed by atoms with E-state index in [2.05, 4.69) is 17.1 Å². The van der Waals surface area contributed by atoms with Gasteiger partial charge in [-0.05, 0) is 51.2 Å². The number of nitrogens with one attached hydrogen (secondary N) is 1. The highest BCUT2D eigenvalue weighted by molar-refractivity contribution is 5.11. The third kappa shape index (κ3) is 0.882. The summed E-state index contributed by atoms with van der Waals surface area (Å²) in [5.74, 6) is 2.04. The van der Waals surface area contributed by atoms with Gasteiger partial charge in [-0.2, -0.15) is 0 Å². The van der Waals surface area contributed by atoms with Gasteiger partial charge >= 0.3 is 0 Å². The summed E-state index contributed by atoms with van der Waals surface area (Å²) in [6.07, 6.45) is 2.87. The van der Waals surface area contributed by atoms with Crippen LogP contribution in [0.5, 0.6) is 0 Å². The monoisotopic (exact) mass is 166 g/mol. The third-order valence-electron chi connectivity index (χ3n) is 4.03.